The first-order valence-corrected chi connectivity index (χ1v) is 6.75. The van der Waals surface area contributed by atoms with Gasteiger partial charge in [0.05, 0.1) is 25.4 Å². The van der Waals surface area contributed by atoms with Crippen LogP contribution in [0.4, 0.5) is 0 Å². The number of nitrogens with one attached hydrogen (secondary N) is 1. The van der Waals surface area contributed by atoms with Crippen molar-refractivity contribution in [1.82, 2.24) is 5.32 Å². The standard InChI is InChI=1S/C13H25NO2/c1-10-3-2-4-11(7-10)5-6-14-12-8-16-9-13(12)15/h10-15H,2-9H2,1H3. The molecule has 2 aliphatic rings. The summed E-state index contributed by atoms with van der Waals surface area (Å²) in [4.78, 5) is 0. The minimum atomic E-state index is -0.301. The zero-order chi connectivity index (χ0) is 11.4. The normalized spacial score (nSPS) is 40.1. The molecule has 2 rings (SSSR count). The third kappa shape index (κ3) is 3.44. The van der Waals surface area contributed by atoms with Gasteiger partial charge >= 0.3 is 0 Å². The summed E-state index contributed by atoms with van der Waals surface area (Å²) in [5, 5.41) is 13.0. The van der Waals surface area contributed by atoms with Gasteiger partial charge in [-0.05, 0) is 31.2 Å². The van der Waals surface area contributed by atoms with Crippen LogP contribution in [0.1, 0.15) is 39.0 Å². The summed E-state index contributed by atoms with van der Waals surface area (Å²) in [6.07, 6.45) is 6.57. The highest BCUT2D eigenvalue weighted by Crippen LogP contribution is 2.30. The minimum absolute atomic E-state index is 0.168. The van der Waals surface area contributed by atoms with Crippen LogP contribution < -0.4 is 5.32 Å². The Morgan fingerprint density at radius 2 is 2.19 bits per heavy atom. The summed E-state index contributed by atoms with van der Waals surface area (Å²) in [6.45, 7) is 4.57. The molecule has 1 saturated carbocycles. The second-order valence-corrected chi connectivity index (χ2v) is 5.59. The average Bonchev–Trinajstić information content (AvgIpc) is 2.65. The van der Waals surface area contributed by atoms with Gasteiger partial charge in [0.2, 0.25) is 0 Å². The first-order chi connectivity index (χ1) is 7.75. The zero-order valence-corrected chi connectivity index (χ0v) is 10.3. The predicted molar refractivity (Wildman–Crippen MR) is 64.4 cm³/mol. The van der Waals surface area contributed by atoms with Gasteiger partial charge in [-0.25, -0.2) is 0 Å². The largest absolute Gasteiger partial charge is 0.389 e. The van der Waals surface area contributed by atoms with Crippen LogP contribution in [0, 0.1) is 11.8 Å². The Morgan fingerprint density at radius 1 is 1.31 bits per heavy atom. The van der Waals surface area contributed by atoms with E-state index in [1.54, 1.807) is 0 Å². The summed E-state index contributed by atoms with van der Waals surface area (Å²) in [5.41, 5.74) is 0. The fourth-order valence-corrected chi connectivity index (χ4v) is 3.03. The van der Waals surface area contributed by atoms with Crippen molar-refractivity contribution in [2.75, 3.05) is 19.8 Å². The van der Waals surface area contributed by atoms with Crippen molar-refractivity contribution < 1.29 is 9.84 Å². The lowest BCUT2D eigenvalue weighted by Gasteiger charge is -2.27. The number of hydrogen-bond donors (Lipinski definition) is 2. The van der Waals surface area contributed by atoms with Crippen molar-refractivity contribution in [3.63, 3.8) is 0 Å². The molecule has 2 N–H and O–H groups in total. The maximum atomic E-state index is 9.58. The van der Waals surface area contributed by atoms with E-state index in [9.17, 15) is 5.11 Å². The summed E-state index contributed by atoms with van der Waals surface area (Å²) in [5.74, 6) is 1.81. The quantitative estimate of drug-likeness (QED) is 0.765. The van der Waals surface area contributed by atoms with Gasteiger partial charge in [-0.15, -0.1) is 0 Å². The average molecular weight is 227 g/mol. The highest BCUT2D eigenvalue weighted by atomic mass is 16.5. The molecule has 94 valence electrons. The van der Waals surface area contributed by atoms with Crippen molar-refractivity contribution >= 4 is 0 Å². The molecule has 2 fully saturated rings. The first-order valence-electron chi connectivity index (χ1n) is 6.75. The second-order valence-electron chi connectivity index (χ2n) is 5.59. The summed E-state index contributed by atoms with van der Waals surface area (Å²) >= 11 is 0. The Kier molecular flexibility index (Phi) is 4.62. The van der Waals surface area contributed by atoms with Gasteiger partial charge < -0.3 is 15.2 Å². The van der Waals surface area contributed by atoms with Gasteiger partial charge in [0.25, 0.3) is 0 Å². The lowest BCUT2D eigenvalue weighted by Crippen LogP contribution is -2.39. The Hall–Kier alpha value is -0.120. The van der Waals surface area contributed by atoms with Crippen LogP contribution in [0.5, 0.6) is 0 Å². The number of aliphatic hydroxyl groups is 1. The van der Waals surface area contributed by atoms with E-state index in [1.165, 1.54) is 32.1 Å². The molecule has 1 aliphatic heterocycles. The molecule has 0 spiro atoms. The highest BCUT2D eigenvalue weighted by molar-refractivity contribution is 4.81. The third-order valence-electron chi connectivity index (χ3n) is 4.05. The maximum absolute atomic E-state index is 9.58. The van der Waals surface area contributed by atoms with E-state index >= 15 is 0 Å². The second kappa shape index (κ2) is 5.99. The van der Waals surface area contributed by atoms with E-state index in [0.29, 0.717) is 13.2 Å². The molecule has 0 radical (unpaired) electrons. The number of rotatable bonds is 4. The van der Waals surface area contributed by atoms with E-state index in [0.717, 1.165) is 18.4 Å². The summed E-state index contributed by atoms with van der Waals surface area (Å²) in [7, 11) is 0. The molecular formula is C13H25NO2. The highest BCUT2D eigenvalue weighted by Gasteiger charge is 2.26. The van der Waals surface area contributed by atoms with Crippen molar-refractivity contribution in [2.45, 2.75) is 51.2 Å². The molecule has 0 aromatic carbocycles. The fourth-order valence-electron chi connectivity index (χ4n) is 3.03. The predicted octanol–water partition coefficient (Wildman–Crippen LogP) is 1.55. The van der Waals surface area contributed by atoms with Crippen LogP contribution in [0.15, 0.2) is 0 Å². The third-order valence-corrected chi connectivity index (χ3v) is 4.05. The monoisotopic (exact) mass is 227 g/mol. The molecule has 0 aromatic heterocycles. The number of hydrogen-bond acceptors (Lipinski definition) is 3. The van der Waals surface area contributed by atoms with E-state index in [2.05, 4.69) is 12.2 Å². The van der Waals surface area contributed by atoms with Crippen LogP contribution in [-0.4, -0.2) is 37.0 Å². The van der Waals surface area contributed by atoms with Crippen molar-refractivity contribution in [3.05, 3.63) is 0 Å². The molecule has 1 heterocycles. The van der Waals surface area contributed by atoms with E-state index in [1.807, 2.05) is 0 Å². The number of ether oxygens (including phenoxy) is 1. The van der Waals surface area contributed by atoms with E-state index in [-0.39, 0.29) is 12.1 Å². The van der Waals surface area contributed by atoms with Crippen LogP contribution in [0.3, 0.4) is 0 Å². The van der Waals surface area contributed by atoms with Gasteiger partial charge in [-0.2, -0.15) is 0 Å². The molecule has 0 bridgehead atoms. The van der Waals surface area contributed by atoms with Crippen LogP contribution in [0.25, 0.3) is 0 Å². The van der Waals surface area contributed by atoms with Crippen LogP contribution >= 0.6 is 0 Å². The molecular weight excluding hydrogens is 202 g/mol. The Labute approximate surface area is 98.6 Å². The van der Waals surface area contributed by atoms with E-state index in [4.69, 9.17) is 4.74 Å². The van der Waals surface area contributed by atoms with Gasteiger partial charge in [0.1, 0.15) is 0 Å². The molecule has 4 atom stereocenters. The van der Waals surface area contributed by atoms with Crippen molar-refractivity contribution in [3.8, 4) is 0 Å². The van der Waals surface area contributed by atoms with Gasteiger partial charge in [-0.3, -0.25) is 0 Å². The Balaban J connectivity index is 1.60. The lowest BCUT2D eigenvalue weighted by molar-refractivity contribution is 0.122. The molecule has 0 amide bonds. The molecule has 0 aromatic rings. The lowest BCUT2D eigenvalue weighted by atomic mass is 9.81. The van der Waals surface area contributed by atoms with Gasteiger partial charge in [0.15, 0.2) is 0 Å². The summed E-state index contributed by atoms with van der Waals surface area (Å²) < 4.78 is 5.22. The fraction of sp³-hybridized carbons (Fsp3) is 1.00. The topological polar surface area (TPSA) is 41.5 Å². The molecule has 1 saturated heterocycles. The molecule has 4 unspecified atom stereocenters. The van der Waals surface area contributed by atoms with Crippen LogP contribution in [0.2, 0.25) is 0 Å². The smallest absolute Gasteiger partial charge is 0.0948 e. The zero-order valence-electron chi connectivity index (χ0n) is 10.3. The maximum Gasteiger partial charge on any atom is 0.0948 e. The molecule has 1 aliphatic carbocycles. The minimum Gasteiger partial charge on any atom is -0.389 e. The summed E-state index contributed by atoms with van der Waals surface area (Å²) in [6, 6.07) is 0.168. The first kappa shape index (κ1) is 12.3. The Bertz CT molecular complexity index is 210. The van der Waals surface area contributed by atoms with Crippen molar-refractivity contribution in [1.29, 1.82) is 0 Å². The SMILES string of the molecule is CC1CCCC(CCNC2COCC2O)C1. The van der Waals surface area contributed by atoms with Crippen LogP contribution in [-0.2, 0) is 4.74 Å². The van der Waals surface area contributed by atoms with Gasteiger partial charge in [0, 0.05) is 0 Å². The van der Waals surface area contributed by atoms with E-state index < -0.39 is 0 Å². The molecule has 16 heavy (non-hydrogen) atoms. The molecule has 3 heteroatoms. The Morgan fingerprint density at radius 3 is 2.88 bits per heavy atom. The molecule has 3 nitrogen and oxygen atoms in total. The van der Waals surface area contributed by atoms with Gasteiger partial charge in [-0.1, -0.05) is 26.2 Å². The van der Waals surface area contributed by atoms with Crippen molar-refractivity contribution in [2.24, 2.45) is 11.8 Å². The number of aliphatic hydroxyl groups excluding tert-OH is 1.